The van der Waals surface area contributed by atoms with Crippen LogP contribution in [-0.4, -0.2) is 21.8 Å². The van der Waals surface area contributed by atoms with Crippen LogP contribution in [0, 0.1) is 13.8 Å². The average molecular weight is 242 g/mol. The summed E-state index contributed by atoms with van der Waals surface area (Å²) in [6, 6.07) is 9.27. The zero-order valence-electron chi connectivity index (χ0n) is 11.0. The second-order valence-electron chi connectivity index (χ2n) is 4.89. The van der Waals surface area contributed by atoms with E-state index in [0.29, 0.717) is 12.1 Å². The molecule has 0 amide bonds. The highest BCUT2D eigenvalue weighted by Gasteiger charge is 2.33. The monoisotopic (exact) mass is 242 g/mol. The first-order valence-electron chi connectivity index (χ1n) is 6.35. The summed E-state index contributed by atoms with van der Waals surface area (Å²) in [6.07, 6.45) is 1.02. The Morgan fingerprint density at radius 3 is 2.72 bits per heavy atom. The predicted octanol–water partition coefficient (Wildman–Crippen LogP) is 1.95. The molecule has 2 aromatic rings. The van der Waals surface area contributed by atoms with Crippen LogP contribution in [0.3, 0.4) is 0 Å². The van der Waals surface area contributed by atoms with Gasteiger partial charge in [0.15, 0.2) is 0 Å². The Morgan fingerprint density at radius 1 is 1.28 bits per heavy atom. The van der Waals surface area contributed by atoms with E-state index >= 15 is 0 Å². The van der Waals surface area contributed by atoms with Gasteiger partial charge >= 0.3 is 0 Å². The Morgan fingerprint density at radius 2 is 2.06 bits per heavy atom. The largest absolute Gasteiger partial charge is 0.311 e. The van der Waals surface area contributed by atoms with Crippen LogP contribution in [0.25, 0.3) is 0 Å². The fourth-order valence-corrected chi connectivity index (χ4v) is 3.00. The van der Waals surface area contributed by atoms with E-state index in [9.17, 15) is 0 Å². The molecule has 0 bridgehead atoms. The van der Waals surface area contributed by atoms with Crippen molar-refractivity contribution in [3.8, 4) is 0 Å². The van der Waals surface area contributed by atoms with E-state index < -0.39 is 0 Å². The first-order valence-corrected chi connectivity index (χ1v) is 6.35. The molecule has 0 saturated heterocycles. The summed E-state index contributed by atoms with van der Waals surface area (Å²) in [6.45, 7) is 3.97. The molecule has 4 nitrogen and oxygen atoms in total. The first-order chi connectivity index (χ1) is 8.70. The molecule has 94 valence electrons. The van der Waals surface area contributed by atoms with Gasteiger partial charge in [-0.15, -0.1) is 0 Å². The maximum Gasteiger partial charge on any atom is 0.147 e. The van der Waals surface area contributed by atoms with Gasteiger partial charge in [0.25, 0.3) is 0 Å². The second kappa shape index (κ2) is 4.21. The van der Waals surface area contributed by atoms with Gasteiger partial charge in [-0.25, -0.2) is 9.67 Å². The molecular formula is C14H18N4. The van der Waals surface area contributed by atoms with Crippen LogP contribution < -0.4 is 5.32 Å². The molecule has 3 rings (SSSR count). The van der Waals surface area contributed by atoms with E-state index in [1.54, 1.807) is 0 Å². The lowest BCUT2D eigenvalue weighted by Crippen LogP contribution is -2.26. The lowest BCUT2D eigenvalue weighted by molar-refractivity contribution is 0.363. The smallest absolute Gasteiger partial charge is 0.147 e. The molecule has 1 aromatic carbocycles. The third kappa shape index (κ3) is 1.64. The SMILES string of the molecule is CNC1c2ccccc2CC1n1nc(C)nc1C. The highest BCUT2D eigenvalue weighted by atomic mass is 15.4. The van der Waals surface area contributed by atoms with Crippen molar-refractivity contribution >= 4 is 0 Å². The third-order valence-electron chi connectivity index (χ3n) is 3.74. The Balaban J connectivity index is 2.03. The van der Waals surface area contributed by atoms with Crippen molar-refractivity contribution in [3.63, 3.8) is 0 Å². The van der Waals surface area contributed by atoms with Crippen molar-refractivity contribution in [2.24, 2.45) is 0 Å². The van der Waals surface area contributed by atoms with Gasteiger partial charge in [0.2, 0.25) is 0 Å². The normalized spacial score (nSPS) is 22.2. The van der Waals surface area contributed by atoms with Crippen molar-refractivity contribution in [2.75, 3.05) is 7.05 Å². The molecule has 1 N–H and O–H groups in total. The van der Waals surface area contributed by atoms with Crippen LogP contribution in [0.5, 0.6) is 0 Å². The number of nitrogens with zero attached hydrogens (tertiary/aromatic N) is 3. The van der Waals surface area contributed by atoms with Gasteiger partial charge in [-0.1, -0.05) is 24.3 Å². The van der Waals surface area contributed by atoms with Crippen molar-refractivity contribution in [1.82, 2.24) is 20.1 Å². The summed E-state index contributed by atoms with van der Waals surface area (Å²) >= 11 is 0. The van der Waals surface area contributed by atoms with Crippen molar-refractivity contribution < 1.29 is 0 Å². The number of fused-ring (bicyclic) bond motifs is 1. The molecule has 1 heterocycles. The molecular weight excluding hydrogens is 224 g/mol. The van der Waals surface area contributed by atoms with Gasteiger partial charge in [-0.05, 0) is 38.4 Å². The number of likely N-dealkylation sites (N-methyl/N-ethyl adjacent to an activating group) is 1. The molecule has 4 heteroatoms. The molecule has 0 spiro atoms. The van der Waals surface area contributed by atoms with Gasteiger partial charge in [-0.3, -0.25) is 0 Å². The quantitative estimate of drug-likeness (QED) is 0.875. The number of aromatic nitrogens is 3. The molecule has 0 aliphatic heterocycles. The van der Waals surface area contributed by atoms with Crippen molar-refractivity contribution in [1.29, 1.82) is 0 Å². The minimum atomic E-state index is 0.320. The molecule has 2 atom stereocenters. The molecule has 1 aromatic heterocycles. The number of rotatable bonds is 2. The summed E-state index contributed by atoms with van der Waals surface area (Å²) < 4.78 is 2.07. The van der Waals surface area contributed by atoms with Crippen molar-refractivity contribution in [3.05, 3.63) is 47.0 Å². The van der Waals surface area contributed by atoms with Crippen LogP contribution >= 0.6 is 0 Å². The maximum atomic E-state index is 4.54. The van der Waals surface area contributed by atoms with Crippen LogP contribution in [0.2, 0.25) is 0 Å². The predicted molar refractivity (Wildman–Crippen MR) is 70.5 cm³/mol. The van der Waals surface area contributed by atoms with Crippen LogP contribution in [0.1, 0.15) is 34.9 Å². The van der Waals surface area contributed by atoms with Crippen LogP contribution in [0.15, 0.2) is 24.3 Å². The molecule has 1 aliphatic rings. The van der Waals surface area contributed by atoms with E-state index in [1.165, 1.54) is 11.1 Å². The minimum Gasteiger partial charge on any atom is -0.311 e. The lowest BCUT2D eigenvalue weighted by Gasteiger charge is -2.21. The standard InChI is InChI=1S/C14H18N4/c1-9-16-10(2)18(17-9)13-8-11-6-4-5-7-12(11)14(13)15-3/h4-7,13-15H,8H2,1-3H3. The topological polar surface area (TPSA) is 42.7 Å². The molecule has 2 unspecified atom stereocenters. The summed E-state index contributed by atoms with van der Waals surface area (Å²) in [4.78, 5) is 4.41. The highest BCUT2D eigenvalue weighted by Crippen LogP contribution is 2.38. The Hall–Kier alpha value is -1.68. The first kappa shape index (κ1) is 11.4. The van der Waals surface area contributed by atoms with E-state index in [2.05, 4.69) is 44.3 Å². The molecule has 0 saturated carbocycles. The lowest BCUT2D eigenvalue weighted by atomic mass is 10.1. The summed E-state index contributed by atoms with van der Waals surface area (Å²) in [5, 5.41) is 7.96. The molecule has 0 radical (unpaired) electrons. The maximum absolute atomic E-state index is 4.54. The average Bonchev–Trinajstić information content (AvgIpc) is 2.88. The van der Waals surface area contributed by atoms with Crippen LogP contribution in [0.4, 0.5) is 0 Å². The molecule has 18 heavy (non-hydrogen) atoms. The summed E-state index contributed by atoms with van der Waals surface area (Å²) in [5.74, 6) is 1.84. The zero-order chi connectivity index (χ0) is 12.7. The third-order valence-corrected chi connectivity index (χ3v) is 3.74. The van der Waals surface area contributed by atoms with Gasteiger partial charge in [0, 0.05) is 0 Å². The van der Waals surface area contributed by atoms with Gasteiger partial charge in [-0.2, -0.15) is 5.10 Å². The number of nitrogens with one attached hydrogen (secondary N) is 1. The number of hydrogen-bond donors (Lipinski definition) is 1. The van der Waals surface area contributed by atoms with E-state index in [0.717, 1.165) is 18.1 Å². The van der Waals surface area contributed by atoms with E-state index in [1.807, 2.05) is 20.9 Å². The van der Waals surface area contributed by atoms with E-state index in [-0.39, 0.29) is 0 Å². The number of aryl methyl sites for hydroxylation is 2. The van der Waals surface area contributed by atoms with Gasteiger partial charge < -0.3 is 5.32 Å². The second-order valence-corrected chi connectivity index (χ2v) is 4.89. The summed E-state index contributed by atoms with van der Waals surface area (Å²) in [7, 11) is 2.01. The van der Waals surface area contributed by atoms with Crippen LogP contribution in [-0.2, 0) is 6.42 Å². The Labute approximate surface area is 107 Å². The highest BCUT2D eigenvalue weighted by molar-refractivity contribution is 5.36. The number of benzene rings is 1. The molecule has 0 fully saturated rings. The summed E-state index contributed by atoms with van der Waals surface area (Å²) in [5.41, 5.74) is 2.80. The minimum absolute atomic E-state index is 0.320. The Bertz CT molecular complexity index is 573. The van der Waals surface area contributed by atoms with Gasteiger partial charge in [0.1, 0.15) is 11.6 Å². The Kier molecular flexibility index (Phi) is 2.67. The fraction of sp³-hybridized carbons (Fsp3) is 0.429. The van der Waals surface area contributed by atoms with Gasteiger partial charge in [0.05, 0.1) is 12.1 Å². The van der Waals surface area contributed by atoms with E-state index in [4.69, 9.17) is 0 Å². The van der Waals surface area contributed by atoms with Crippen molar-refractivity contribution in [2.45, 2.75) is 32.4 Å². The molecule has 1 aliphatic carbocycles. The zero-order valence-corrected chi connectivity index (χ0v) is 11.0. The number of hydrogen-bond acceptors (Lipinski definition) is 3. The fourth-order valence-electron chi connectivity index (χ4n) is 3.00.